The maximum absolute atomic E-state index is 11.0. The zero-order valence-corrected chi connectivity index (χ0v) is 10.1. The minimum Gasteiger partial charge on any atom is -0.303 e. The Morgan fingerprint density at radius 2 is 2.36 bits per heavy atom. The second-order valence-corrected chi connectivity index (χ2v) is 5.07. The molecule has 1 heterocycles. The molecule has 1 aromatic rings. The summed E-state index contributed by atoms with van der Waals surface area (Å²) in [5.41, 5.74) is 0. The number of aromatic amines is 1. The van der Waals surface area contributed by atoms with Gasteiger partial charge in [-0.2, -0.15) is 5.10 Å². The number of rotatable bonds is 5. The Balaban J connectivity index is 2.77. The van der Waals surface area contributed by atoms with E-state index in [0.29, 0.717) is 17.1 Å². The fourth-order valence-electron chi connectivity index (χ4n) is 1.22. The smallest absolute Gasteiger partial charge is 0.195 e. The number of aryl methyl sites for hydroxylation is 1. The van der Waals surface area contributed by atoms with Gasteiger partial charge >= 0.3 is 0 Å². The molecule has 0 fully saturated rings. The largest absolute Gasteiger partial charge is 0.303 e. The van der Waals surface area contributed by atoms with Crippen LogP contribution in [-0.4, -0.2) is 31.0 Å². The van der Waals surface area contributed by atoms with Crippen LogP contribution in [0, 0.1) is 4.77 Å². The van der Waals surface area contributed by atoms with Crippen LogP contribution in [0.2, 0.25) is 0 Å². The van der Waals surface area contributed by atoms with Crippen molar-refractivity contribution >= 4 is 23.0 Å². The first kappa shape index (κ1) is 11.6. The molecule has 0 aliphatic heterocycles. The van der Waals surface area contributed by atoms with E-state index in [1.807, 2.05) is 4.57 Å². The van der Waals surface area contributed by atoms with Gasteiger partial charge < -0.3 is 4.57 Å². The van der Waals surface area contributed by atoms with Gasteiger partial charge in [-0.15, -0.1) is 0 Å². The van der Waals surface area contributed by atoms with Crippen LogP contribution >= 0.6 is 12.2 Å². The normalized spacial score (nSPS) is 13.0. The molecule has 14 heavy (non-hydrogen) atoms. The predicted octanol–water partition coefficient (Wildman–Crippen LogP) is 1.27. The van der Waals surface area contributed by atoms with Crippen molar-refractivity contribution in [2.75, 3.05) is 12.0 Å². The standard InChI is InChI=1S/C8H15N3OS2/c1-3-4-7-9-10-8(13)11(7)5-6-14(2)12/h3-6H2,1-2H3,(H,10,13). The van der Waals surface area contributed by atoms with Crippen molar-refractivity contribution in [1.82, 2.24) is 14.8 Å². The number of aromatic nitrogens is 3. The summed E-state index contributed by atoms with van der Waals surface area (Å²) in [6.07, 6.45) is 3.64. The molecule has 0 amide bonds. The van der Waals surface area contributed by atoms with Crippen molar-refractivity contribution in [3.05, 3.63) is 10.6 Å². The molecule has 0 saturated carbocycles. The fraction of sp³-hybridized carbons (Fsp3) is 0.750. The Kier molecular flexibility index (Phi) is 4.47. The predicted molar refractivity (Wildman–Crippen MR) is 60.3 cm³/mol. The number of nitrogens with zero attached hydrogens (tertiary/aromatic N) is 2. The van der Waals surface area contributed by atoms with E-state index in [9.17, 15) is 4.21 Å². The molecule has 0 spiro atoms. The fourth-order valence-corrected chi connectivity index (χ4v) is 1.90. The first-order valence-corrected chi connectivity index (χ1v) is 6.72. The lowest BCUT2D eigenvalue weighted by atomic mass is 10.3. The Morgan fingerprint density at radius 3 is 2.93 bits per heavy atom. The SMILES string of the molecule is CCCc1n[nH]c(=S)n1CCS(C)=O. The van der Waals surface area contributed by atoms with Crippen LogP contribution in [0.3, 0.4) is 0 Å². The van der Waals surface area contributed by atoms with Gasteiger partial charge in [-0.05, 0) is 18.6 Å². The van der Waals surface area contributed by atoms with E-state index in [0.717, 1.165) is 18.7 Å². The quantitative estimate of drug-likeness (QED) is 0.779. The molecule has 6 heteroatoms. The average molecular weight is 233 g/mol. The van der Waals surface area contributed by atoms with E-state index >= 15 is 0 Å². The molecule has 0 aliphatic carbocycles. The Morgan fingerprint density at radius 1 is 1.64 bits per heavy atom. The van der Waals surface area contributed by atoms with Gasteiger partial charge in [0.2, 0.25) is 0 Å². The van der Waals surface area contributed by atoms with E-state index in [1.165, 1.54) is 0 Å². The van der Waals surface area contributed by atoms with Crippen molar-refractivity contribution in [3.63, 3.8) is 0 Å². The number of H-pyrrole nitrogens is 1. The van der Waals surface area contributed by atoms with Crippen LogP contribution in [0.5, 0.6) is 0 Å². The summed E-state index contributed by atoms with van der Waals surface area (Å²) < 4.78 is 13.5. The van der Waals surface area contributed by atoms with Gasteiger partial charge in [0.25, 0.3) is 0 Å². The Bertz CT molecular complexity index is 369. The zero-order chi connectivity index (χ0) is 10.6. The lowest BCUT2D eigenvalue weighted by Crippen LogP contribution is -2.10. The second-order valence-electron chi connectivity index (χ2n) is 3.12. The lowest BCUT2D eigenvalue weighted by Gasteiger charge is -2.03. The van der Waals surface area contributed by atoms with Gasteiger partial charge in [-0.25, -0.2) is 0 Å². The van der Waals surface area contributed by atoms with Crippen molar-refractivity contribution in [3.8, 4) is 0 Å². The molecule has 0 saturated heterocycles. The summed E-state index contributed by atoms with van der Waals surface area (Å²) >= 11 is 5.08. The Hall–Kier alpha value is -0.490. The van der Waals surface area contributed by atoms with Gasteiger partial charge in [-0.1, -0.05) is 6.92 Å². The third kappa shape index (κ3) is 3.02. The molecule has 1 atom stereocenters. The zero-order valence-electron chi connectivity index (χ0n) is 8.45. The van der Waals surface area contributed by atoms with Crippen LogP contribution in [0.25, 0.3) is 0 Å². The molecule has 0 bridgehead atoms. The van der Waals surface area contributed by atoms with Crippen LogP contribution < -0.4 is 0 Å². The van der Waals surface area contributed by atoms with Crippen LogP contribution in [-0.2, 0) is 23.8 Å². The molecule has 80 valence electrons. The molecule has 1 rings (SSSR count). The maximum Gasteiger partial charge on any atom is 0.195 e. The highest BCUT2D eigenvalue weighted by atomic mass is 32.2. The van der Waals surface area contributed by atoms with Crippen molar-refractivity contribution in [1.29, 1.82) is 0 Å². The molecule has 0 radical (unpaired) electrons. The van der Waals surface area contributed by atoms with Crippen molar-refractivity contribution in [2.24, 2.45) is 0 Å². The number of hydrogen-bond donors (Lipinski definition) is 1. The van der Waals surface area contributed by atoms with E-state index in [1.54, 1.807) is 6.26 Å². The van der Waals surface area contributed by atoms with Gasteiger partial charge in [0.1, 0.15) is 5.82 Å². The Labute approximate surface area is 91.2 Å². The summed E-state index contributed by atoms with van der Waals surface area (Å²) in [4.78, 5) is 0. The average Bonchev–Trinajstić information content (AvgIpc) is 2.45. The minimum atomic E-state index is -0.779. The summed E-state index contributed by atoms with van der Waals surface area (Å²) in [7, 11) is -0.779. The number of hydrogen-bond acceptors (Lipinski definition) is 3. The number of nitrogens with one attached hydrogen (secondary N) is 1. The van der Waals surface area contributed by atoms with Crippen molar-refractivity contribution < 1.29 is 4.21 Å². The minimum absolute atomic E-state index is 0.624. The van der Waals surface area contributed by atoms with Gasteiger partial charge in [0, 0.05) is 35.8 Å². The monoisotopic (exact) mass is 233 g/mol. The summed E-state index contributed by atoms with van der Waals surface area (Å²) in [6, 6.07) is 0. The van der Waals surface area contributed by atoms with Gasteiger partial charge in [0.05, 0.1) is 0 Å². The first-order valence-electron chi connectivity index (χ1n) is 4.59. The summed E-state index contributed by atoms with van der Waals surface area (Å²) in [5, 5.41) is 6.89. The van der Waals surface area contributed by atoms with Crippen LogP contribution in [0.1, 0.15) is 19.2 Å². The molecule has 4 nitrogen and oxygen atoms in total. The van der Waals surface area contributed by atoms with Crippen LogP contribution in [0.15, 0.2) is 0 Å². The highest BCUT2D eigenvalue weighted by Crippen LogP contribution is 2.01. The topological polar surface area (TPSA) is 50.7 Å². The molecular formula is C8H15N3OS2. The van der Waals surface area contributed by atoms with E-state index in [2.05, 4.69) is 17.1 Å². The second kappa shape index (κ2) is 5.41. The summed E-state index contributed by atoms with van der Waals surface area (Å²) in [6.45, 7) is 2.79. The van der Waals surface area contributed by atoms with E-state index in [4.69, 9.17) is 12.2 Å². The van der Waals surface area contributed by atoms with Crippen LogP contribution in [0.4, 0.5) is 0 Å². The van der Waals surface area contributed by atoms with E-state index < -0.39 is 10.8 Å². The summed E-state index contributed by atoms with van der Waals surface area (Å²) in [5.74, 6) is 1.59. The van der Waals surface area contributed by atoms with Crippen molar-refractivity contribution in [2.45, 2.75) is 26.3 Å². The lowest BCUT2D eigenvalue weighted by molar-refractivity contribution is 0.659. The third-order valence-corrected chi connectivity index (χ3v) is 2.98. The highest BCUT2D eigenvalue weighted by Gasteiger charge is 2.04. The molecule has 1 N–H and O–H groups in total. The van der Waals surface area contributed by atoms with E-state index in [-0.39, 0.29) is 0 Å². The van der Waals surface area contributed by atoms with Gasteiger partial charge in [0.15, 0.2) is 4.77 Å². The molecule has 1 aromatic heterocycles. The maximum atomic E-state index is 11.0. The highest BCUT2D eigenvalue weighted by molar-refractivity contribution is 7.84. The third-order valence-electron chi connectivity index (χ3n) is 1.91. The molecular weight excluding hydrogens is 218 g/mol. The molecule has 0 aliphatic rings. The van der Waals surface area contributed by atoms with Gasteiger partial charge in [-0.3, -0.25) is 9.31 Å². The first-order chi connectivity index (χ1) is 6.65. The molecule has 0 aromatic carbocycles. The molecule has 1 unspecified atom stereocenters.